The topological polar surface area (TPSA) is 25.8 Å². The van der Waals surface area contributed by atoms with Gasteiger partial charge in [0.15, 0.2) is 0 Å². The predicted octanol–water partition coefficient (Wildman–Crippen LogP) is 5.67. The van der Waals surface area contributed by atoms with E-state index in [9.17, 15) is 0 Å². The molecule has 0 saturated carbocycles. The van der Waals surface area contributed by atoms with E-state index in [1.54, 1.807) is 0 Å². The molecule has 0 N–H and O–H groups in total. The fraction of sp³-hybridized carbons (Fsp3) is 0.100. The summed E-state index contributed by atoms with van der Waals surface area (Å²) in [6.07, 6.45) is 0.919. The van der Waals surface area contributed by atoms with Crippen molar-refractivity contribution in [2.24, 2.45) is 0 Å². The fourth-order valence-electron chi connectivity index (χ4n) is 2.97. The van der Waals surface area contributed by atoms with Gasteiger partial charge in [-0.1, -0.05) is 67.1 Å². The molecule has 2 aromatic carbocycles. The van der Waals surface area contributed by atoms with Gasteiger partial charge in [-0.15, -0.1) is 0 Å². The van der Waals surface area contributed by atoms with E-state index in [0.717, 1.165) is 39.5 Å². The number of fused-ring (bicyclic) bond motifs is 3. The van der Waals surface area contributed by atoms with Crippen LogP contribution in [0.1, 0.15) is 12.5 Å². The largest absolute Gasteiger partial charge is 0.245 e. The van der Waals surface area contributed by atoms with Gasteiger partial charge < -0.3 is 0 Å². The maximum Gasteiger partial charge on any atom is 0.130 e. The van der Waals surface area contributed by atoms with E-state index in [1.807, 2.05) is 24.3 Å². The summed E-state index contributed by atoms with van der Waals surface area (Å²) < 4.78 is 0. The van der Waals surface area contributed by atoms with Crippen molar-refractivity contribution in [3.05, 3.63) is 71.4 Å². The van der Waals surface area contributed by atoms with Crippen LogP contribution in [-0.4, -0.2) is 9.97 Å². The summed E-state index contributed by atoms with van der Waals surface area (Å²) in [6.45, 7) is 2.13. The lowest BCUT2D eigenvalue weighted by Crippen LogP contribution is -1.92. The Kier molecular flexibility index (Phi) is 3.47. The molecule has 2 aromatic heterocycles. The third-order valence-corrected chi connectivity index (χ3v) is 4.34. The van der Waals surface area contributed by atoms with Crippen molar-refractivity contribution in [2.45, 2.75) is 13.3 Å². The van der Waals surface area contributed by atoms with Crippen LogP contribution in [-0.2, 0) is 6.42 Å². The highest BCUT2D eigenvalue weighted by Gasteiger charge is 2.10. The first-order valence-electron chi connectivity index (χ1n) is 7.70. The van der Waals surface area contributed by atoms with Crippen LogP contribution in [0.25, 0.3) is 33.1 Å². The van der Waals surface area contributed by atoms with Crippen LogP contribution < -0.4 is 0 Å². The molecular formula is C20H15ClN2. The molecule has 4 rings (SSSR count). The maximum atomic E-state index is 6.22. The lowest BCUT2D eigenvalue weighted by Gasteiger charge is -2.09. The Hall–Kier alpha value is -2.45. The molecule has 0 amide bonds. The zero-order valence-electron chi connectivity index (χ0n) is 12.8. The Morgan fingerprint density at radius 1 is 0.870 bits per heavy atom. The molecule has 3 heteroatoms. The van der Waals surface area contributed by atoms with E-state index in [0.29, 0.717) is 5.15 Å². The molecule has 0 radical (unpaired) electrons. The number of nitrogens with zero attached hydrogens (tertiary/aromatic N) is 2. The third kappa shape index (κ3) is 2.45. The molecule has 0 aliphatic rings. The van der Waals surface area contributed by atoms with Gasteiger partial charge in [0.25, 0.3) is 0 Å². The molecule has 0 aliphatic heterocycles. The maximum absolute atomic E-state index is 6.22. The highest BCUT2D eigenvalue weighted by atomic mass is 35.5. The summed E-state index contributed by atoms with van der Waals surface area (Å²) in [5.41, 5.74) is 5.04. The fourth-order valence-corrected chi connectivity index (χ4v) is 3.19. The average molecular weight is 319 g/mol. The molecule has 2 nitrogen and oxygen atoms in total. The second-order valence-corrected chi connectivity index (χ2v) is 5.94. The molecule has 0 atom stereocenters. The van der Waals surface area contributed by atoms with E-state index >= 15 is 0 Å². The van der Waals surface area contributed by atoms with E-state index in [1.165, 1.54) is 5.56 Å². The summed E-state index contributed by atoms with van der Waals surface area (Å²) in [5.74, 6) is 0. The lowest BCUT2D eigenvalue weighted by atomic mass is 10.0. The summed E-state index contributed by atoms with van der Waals surface area (Å²) in [6, 6.07) is 20.5. The highest BCUT2D eigenvalue weighted by molar-refractivity contribution is 6.30. The number of hydrogen-bond donors (Lipinski definition) is 0. The summed E-state index contributed by atoms with van der Waals surface area (Å²) in [5, 5.41) is 2.73. The molecule has 0 spiro atoms. The molecule has 112 valence electrons. The lowest BCUT2D eigenvalue weighted by molar-refractivity contribution is 1.15. The first-order chi connectivity index (χ1) is 11.3. The van der Waals surface area contributed by atoms with E-state index in [-0.39, 0.29) is 0 Å². The van der Waals surface area contributed by atoms with Crippen LogP contribution in [0.5, 0.6) is 0 Å². The van der Waals surface area contributed by atoms with Crippen molar-refractivity contribution in [1.29, 1.82) is 0 Å². The zero-order valence-corrected chi connectivity index (χ0v) is 13.5. The van der Waals surface area contributed by atoms with Gasteiger partial charge in [-0.05, 0) is 24.1 Å². The molecule has 0 unspecified atom stereocenters. The number of pyridine rings is 2. The van der Waals surface area contributed by atoms with Crippen LogP contribution in [0.3, 0.4) is 0 Å². The molecular weight excluding hydrogens is 304 g/mol. The Bertz CT molecular complexity index is 1010. The molecule has 4 aromatic rings. The highest BCUT2D eigenvalue weighted by Crippen LogP contribution is 2.29. The average Bonchev–Trinajstić information content (AvgIpc) is 2.61. The Balaban J connectivity index is 2.06. The van der Waals surface area contributed by atoms with Gasteiger partial charge in [0, 0.05) is 16.3 Å². The van der Waals surface area contributed by atoms with E-state index in [2.05, 4.69) is 48.3 Å². The standard InChI is InChI=1S/C20H15ClN2/c1-2-13-12-18(21)23-20-16(13)10-8-15-9-11-17(22-19(15)20)14-6-4-3-5-7-14/h3-12H,2H2,1H3. The van der Waals surface area contributed by atoms with Crippen molar-refractivity contribution >= 4 is 33.4 Å². The second kappa shape index (κ2) is 5.64. The van der Waals surface area contributed by atoms with Gasteiger partial charge in [0.05, 0.1) is 16.7 Å². The van der Waals surface area contributed by atoms with Crippen LogP contribution >= 0.6 is 11.6 Å². The summed E-state index contributed by atoms with van der Waals surface area (Å²) in [7, 11) is 0. The van der Waals surface area contributed by atoms with Gasteiger partial charge in [-0.3, -0.25) is 0 Å². The third-order valence-electron chi connectivity index (χ3n) is 4.14. The van der Waals surface area contributed by atoms with Gasteiger partial charge in [-0.25, -0.2) is 9.97 Å². The van der Waals surface area contributed by atoms with E-state index < -0.39 is 0 Å². The van der Waals surface area contributed by atoms with Crippen molar-refractivity contribution in [1.82, 2.24) is 9.97 Å². The minimum absolute atomic E-state index is 0.522. The summed E-state index contributed by atoms with van der Waals surface area (Å²) >= 11 is 6.22. The quantitative estimate of drug-likeness (QED) is 0.352. The molecule has 0 saturated heterocycles. The molecule has 0 fully saturated rings. The van der Waals surface area contributed by atoms with Crippen molar-refractivity contribution in [3.63, 3.8) is 0 Å². The van der Waals surface area contributed by atoms with Crippen molar-refractivity contribution in [2.75, 3.05) is 0 Å². The minimum atomic E-state index is 0.522. The number of halogens is 1. The van der Waals surface area contributed by atoms with Crippen LogP contribution in [0.4, 0.5) is 0 Å². The van der Waals surface area contributed by atoms with Crippen LogP contribution in [0.15, 0.2) is 60.7 Å². The van der Waals surface area contributed by atoms with Gasteiger partial charge in [0.2, 0.25) is 0 Å². The number of hydrogen-bond acceptors (Lipinski definition) is 2. The Morgan fingerprint density at radius 2 is 1.65 bits per heavy atom. The van der Waals surface area contributed by atoms with Crippen LogP contribution in [0, 0.1) is 0 Å². The zero-order chi connectivity index (χ0) is 15.8. The molecule has 0 aliphatic carbocycles. The summed E-state index contributed by atoms with van der Waals surface area (Å²) in [4.78, 5) is 9.42. The van der Waals surface area contributed by atoms with Crippen molar-refractivity contribution < 1.29 is 0 Å². The minimum Gasteiger partial charge on any atom is -0.245 e. The Morgan fingerprint density at radius 3 is 2.43 bits per heavy atom. The predicted molar refractivity (Wildman–Crippen MR) is 96.9 cm³/mol. The second-order valence-electron chi connectivity index (χ2n) is 5.55. The number of rotatable bonds is 2. The monoisotopic (exact) mass is 318 g/mol. The smallest absolute Gasteiger partial charge is 0.130 e. The van der Waals surface area contributed by atoms with Gasteiger partial charge in [0.1, 0.15) is 5.15 Å². The van der Waals surface area contributed by atoms with Crippen molar-refractivity contribution in [3.8, 4) is 11.3 Å². The van der Waals surface area contributed by atoms with E-state index in [4.69, 9.17) is 16.6 Å². The van der Waals surface area contributed by atoms with Crippen LogP contribution in [0.2, 0.25) is 5.15 Å². The number of aromatic nitrogens is 2. The molecule has 2 heterocycles. The first kappa shape index (κ1) is 14.2. The SMILES string of the molecule is CCc1cc(Cl)nc2c1ccc1ccc(-c3ccccc3)nc12. The molecule has 23 heavy (non-hydrogen) atoms. The number of benzene rings is 2. The van der Waals surface area contributed by atoms with Gasteiger partial charge >= 0.3 is 0 Å². The first-order valence-corrected chi connectivity index (χ1v) is 8.08. The van der Waals surface area contributed by atoms with Gasteiger partial charge in [-0.2, -0.15) is 0 Å². The number of aryl methyl sites for hydroxylation is 1. The normalized spacial score (nSPS) is 11.2. The molecule has 0 bridgehead atoms. The Labute approximate surface area is 139 Å².